The number of hydrogen-bond acceptors (Lipinski definition) is 5. The highest BCUT2D eigenvalue weighted by Crippen LogP contribution is 2.26. The zero-order valence-electron chi connectivity index (χ0n) is 17.2. The number of nitrogens with zero attached hydrogens (tertiary/aromatic N) is 4. The van der Waals surface area contributed by atoms with Crippen LogP contribution in [0.2, 0.25) is 0 Å². The Kier molecular flexibility index (Phi) is 8.63. The maximum atomic E-state index is 12.7. The van der Waals surface area contributed by atoms with Gasteiger partial charge in [0.05, 0.1) is 20.2 Å². The molecule has 0 aliphatic heterocycles. The zero-order chi connectivity index (χ0) is 21.2. The largest absolute Gasteiger partial charge is 0.497 e. The highest BCUT2D eigenvalue weighted by Gasteiger charge is 2.12. The molecule has 0 fully saturated rings. The van der Waals surface area contributed by atoms with Crippen LogP contribution >= 0.6 is 0 Å². The third-order valence-corrected chi connectivity index (χ3v) is 4.31. The van der Waals surface area contributed by atoms with Gasteiger partial charge in [-0.05, 0) is 31.5 Å². The van der Waals surface area contributed by atoms with Crippen LogP contribution in [-0.4, -0.2) is 41.0 Å². The molecular weight excluding hydrogens is 382 g/mol. The molecule has 0 saturated heterocycles. The minimum Gasteiger partial charge on any atom is -0.497 e. The molecule has 0 bridgehead atoms. The van der Waals surface area contributed by atoms with E-state index in [-0.39, 0.29) is 12.3 Å². The standard InChI is InChI=1S/C19H28F2N6O2/c1-5-6-9-22-19(24-12-17-26-25-13(2)27(17)3)23-11-14-10-15(28-4)7-8-16(14)29-18(20)21/h7-8,10,18H,5-6,9,11-12H2,1-4H3,(H2,22,23,24). The fourth-order valence-electron chi connectivity index (χ4n) is 2.51. The number of benzene rings is 1. The van der Waals surface area contributed by atoms with Gasteiger partial charge >= 0.3 is 6.61 Å². The van der Waals surface area contributed by atoms with E-state index in [1.807, 2.05) is 18.5 Å². The van der Waals surface area contributed by atoms with Crippen LogP contribution in [0.3, 0.4) is 0 Å². The van der Waals surface area contributed by atoms with Crippen LogP contribution in [0.25, 0.3) is 0 Å². The molecule has 0 unspecified atom stereocenters. The molecule has 1 aromatic heterocycles. The van der Waals surface area contributed by atoms with Crippen molar-refractivity contribution < 1.29 is 18.3 Å². The molecule has 10 heteroatoms. The molecule has 0 radical (unpaired) electrons. The van der Waals surface area contributed by atoms with Crippen molar-refractivity contribution in [3.8, 4) is 11.5 Å². The predicted octanol–water partition coefficient (Wildman–Crippen LogP) is 2.77. The van der Waals surface area contributed by atoms with Gasteiger partial charge in [-0.3, -0.25) is 0 Å². The van der Waals surface area contributed by atoms with Crippen molar-refractivity contribution >= 4 is 5.96 Å². The van der Waals surface area contributed by atoms with E-state index in [0.29, 0.717) is 23.8 Å². The van der Waals surface area contributed by atoms with Gasteiger partial charge in [0.1, 0.15) is 17.3 Å². The molecule has 29 heavy (non-hydrogen) atoms. The van der Waals surface area contributed by atoms with E-state index in [1.54, 1.807) is 12.1 Å². The number of methoxy groups -OCH3 is 1. The summed E-state index contributed by atoms with van der Waals surface area (Å²) in [7, 11) is 3.40. The van der Waals surface area contributed by atoms with Crippen LogP contribution in [0.1, 0.15) is 37.0 Å². The van der Waals surface area contributed by atoms with E-state index < -0.39 is 6.61 Å². The molecule has 2 aromatic rings. The van der Waals surface area contributed by atoms with Gasteiger partial charge in [0, 0.05) is 19.2 Å². The number of aryl methyl sites for hydroxylation is 1. The van der Waals surface area contributed by atoms with Crippen molar-refractivity contribution in [3.63, 3.8) is 0 Å². The SMILES string of the molecule is CCCCNC(=NCc1cc(OC)ccc1OC(F)F)NCc1nnc(C)n1C. The average molecular weight is 410 g/mol. The number of halogens is 2. The lowest BCUT2D eigenvalue weighted by Gasteiger charge is -2.14. The number of aromatic nitrogens is 3. The number of unbranched alkanes of at least 4 members (excludes halogenated alkanes) is 1. The van der Waals surface area contributed by atoms with Crippen molar-refractivity contribution in [2.24, 2.45) is 12.0 Å². The molecule has 0 saturated carbocycles. The summed E-state index contributed by atoms with van der Waals surface area (Å²) in [5.41, 5.74) is 0.496. The van der Waals surface area contributed by atoms with Gasteiger partial charge in [0.2, 0.25) is 0 Å². The first kappa shape index (κ1) is 22.4. The van der Waals surface area contributed by atoms with E-state index in [2.05, 4.69) is 37.5 Å². The topological polar surface area (TPSA) is 85.6 Å². The van der Waals surface area contributed by atoms with Gasteiger partial charge in [-0.2, -0.15) is 8.78 Å². The van der Waals surface area contributed by atoms with Crippen LogP contribution in [0.5, 0.6) is 11.5 Å². The van der Waals surface area contributed by atoms with E-state index in [1.165, 1.54) is 13.2 Å². The van der Waals surface area contributed by atoms with Gasteiger partial charge in [-0.15, -0.1) is 10.2 Å². The summed E-state index contributed by atoms with van der Waals surface area (Å²) in [4.78, 5) is 4.52. The van der Waals surface area contributed by atoms with Gasteiger partial charge in [-0.25, -0.2) is 4.99 Å². The third kappa shape index (κ3) is 6.88. The molecule has 2 rings (SSSR count). The minimum atomic E-state index is -2.91. The second-order valence-electron chi connectivity index (χ2n) is 6.37. The Balaban J connectivity index is 2.15. The van der Waals surface area contributed by atoms with Crippen molar-refractivity contribution in [1.29, 1.82) is 0 Å². The molecule has 2 N–H and O–H groups in total. The summed E-state index contributed by atoms with van der Waals surface area (Å²) in [5.74, 6) is 2.73. The highest BCUT2D eigenvalue weighted by atomic mass is 19.3. The van der Waals surface area contributed by atoms with Crippen LogP contribution < -0.4 is 20.1 Å². The summed E-state index contributed by atoms with van der Waals surface area (Å²) in [5, 5.41) is 14.6. The van der Waals surface area contributed by atoms with Crippen molar-refractivity contribution in [3.05, 3.63) is 35.4 Å². The first-order chi connectivity index (χ1) is 13.9. The van der Waals surface area contributed by atoms with Gasteiger partial charge in [0.15, 0.2) is 11.8 Å². The Morgan fingerprint density at radius 3 is 2.69 bits per heavy atom. The molecular formula is C19H28F2N6O2. The molecule has 160 valence electrons. The molecule has 8 nitrogen and oxygen atoms in total. The van der Waals surface area contributed by atoms with E-state index >= 15 is 0 Å². The smallest absolute Gasteiger partial charge is 0.387 e. The number of alkyl halides is 2. The average Bonchev–Trinajstić information content (AvgIpc) is 3.02. The summed E-state index contributed by atoms with van der Waals surface area (Å²) in [6.07, 6.45) is 2.01. The maximum absolute atomic E-state index is 12.7. The number of aliphatic imine (C=N–C) groups is 1. The van der Waals surface area contributed by atoms with Gasteiger partial charge in [-0.1, -0.05) is 13.3 Å². The second kappa shape index (κ2) is 11.2. The van der Waals surface area contributed by atoms with Crippen LogP contribution in [0.15, 0.2) is 23.2 Å². The first-order valence-electron chi connectivity index (χ1n) is 9.43. The predicted molar refractivity (Wildman–Crippen MR) is 106 cm³/mol. The lowest BCUT2D eigenvalue weighted by atomic mass is 10.2. The summed E-state index contributed by atoms with van der Waals surface area (Å²) in [6, 6.07) is 4.66. The van der Waals surface area contributed by atoms with Crippen molar-refractivity contribution in [1.82, 2.24) is 25.4 Å². The Hall–Kier alpha value is -2.91. The molecule has 0 spiro atoms. The fraction of sp³-hybridized carbons (Fsp3) is 0.526. The van der Waals surface area contributed by atoms with Crippen molar-refractivity contribution in [2.75, 3.05) is 13.7 Å². The molecule has 0 atom stereocenters. The Morgan fingerprint density at radius 2 is 2.07 bits per heavy atom. The van der Waals surface area contributed by atoms with Crippen LogP contribution in [0.4, 0.5) is 8.78 Å². The Morgan fingerprint density at radius 1 is 1.28 bits per heavy atom. The number of nitrogens with one attached hydrogen (secondary N) is 2. The number of guanidine groups is 1. The normalized spacial score (nSPS) is 11.6. The van der Waals surface area contributed by atoms with Gasteiger partial charge < -0.3 is 24.7 Å². The number of hydrogen-bond donors (Lipinski definition) is 2. The Labute approximate surface area is 169 Å². The number of rotatable bonds is 10. The van der Waals surface area contributed by atoms with Crippen molar-refractivity contribution in [2.45, 2.75) is 46.4 Å². The lowest BCUT2D eigenvalue weighted by Crippen LogP contribution is -2.38. The van der Waals surface area contributed by atoms with Gasteiger partial charge in [0.25, 0.3) is 0 Å². The lowest BCUT2D eigenvalue weighted by molar-refractivity contribution is -0.0504. The quantitative estimate of drug-likeness (QED) is 0.356. The monoisotopic (exact) mass is 410 g/mol. The summed E-state index contributed by atoms with van der Waals surface area (Å²) < 4.78 is 37.1. The van der Waals surface area contributed by atoms with E-state index in [0.717, 1.165) is 31.0 Å². The highest BCUT2D eigenvalue weighted by molar-refractivity contribution is 5.79. The summed E-state index contributed by atoms with van der Waals surface area (Å²) >= 11 is 0. The Bertz CT molecular complexity index is 810. The maximum Gasteiger partial charge on any atom is 0.387 e. The molecule has 1 aromatic carbocycles. The summed E-state index contributed by atoms with van der Waals surface area (Å²) in [6.45, 7) is 2.35. The zero-order valence-corrected chi connectivity index (χ0v) is 17.2. The molecule has 1 heterocycles. The van der Waals surface area contributed by atoms with Crippen LogP contribution in [0, 0.1) is 6.92 Å². The fourth-order valence-corrected chi connectivity index (χ4v) is 2.51. The molecule has 0 aliphatic carbocycles. The van der Waals surface area contributed by atoms with E-state index in [4.69, 9.17) is 4.74 Å². The molecule has 0 amide bonds. The second-order valence-corrected chi connectivity index (χ2v) is 6.37. The minimum absolute atomic E-state index is 0.0707. The van der Waals surface area contributed by atoms with E-state index in [9.17, 15) is 8.78 Å². The third-order valence-electron chi connectivity index (χ3n) is 4.31. The van der Waals surface area contributed by atoms with Crippen LogP contribution in [-0.2, 0) is 20.1 Å². The number of ether oxygens (including phenoxy) is 2. The molecule has 0 aliphatic rings. The first-order valence-corrected chi connectivity index (χ1v) is 9.43.